The fraction of sp³-hybridized carbons (Fsp3) is 0.400. The summed E-state index contributed by atoms with van der Waals surface area (Å²) in [6.07, 6.45) is 2.49. The van der Waals surface area contributed by atoms with Gasteiger partial charge in [0.25, 0.3) is 0 Å². The van der Waals surface area contributed by atoms with E-state index in [0.717, 1.165) is 10.9 Å². The van der Waals surface area contributed by atoms with Crippen molar-refractivity contribution in [1.29, 1.82) is 0 Å². The van der Waals surface area contributed by atoms with Crippen molar-refractivity contribution in [2.24, 2.45) is 0 Å². The first-order valence-electron chi connectivity index (χ1n) is 6.75. The number of Topliss-reactive ketones (excluding diaryl/α,β-unsaturated/α-hetero) is 1. The van der Waals surface area contributed by atoms with Gasteiger partial charge in [0, 0.05) is 36.4 Å². The predicted molar refractivity (Wildman–Crippen MR) is 74.6 cm³/mol. The zero-order chi connectivity index (χ0) is 14.1. The number of aromatic nitrogens is 1. The van der Waals surface area contributed by atoms with Gasteiger partial charge >= 0.3 is 0 Å². The molecule has 0 spiro atoms. The van der Waals surface area contributed by atoms with E-state index in [1.165, 1.54) is 0 Å². The standard InChI is InChI=1S/C15H17NO4/c1-10(18)12-9-16(3-2-4-17)13-8-15-14(7-11(12)13)19-5-6-20-15/h7-9,17H,2-6H2,1H3. The minimum atomic E-state index is 0.0226. The average molecular weight is 275 g/mol. The lowest BCUT2D eigenvalue weighted by atomic mass is 10.1. The quantitative estimate of drug-likeness (QED) is 0.867. The highest BCUT2D eigenvalue weighted by Crippen LogP contribution is 2.36. The smallest absolute Gasteiger partial charge is 0.163 e. The fourth-order valence-corrected chi connectivity index (χ4v) is 2.53. The second-order valence-electron chi connectivity index (χ2n) is 4.88. The molecule has 1 aromatic heterocycles. The Kier molecular flexibility index (Phi) is 3.36. The summed E-state index contributed by atoms with van der Waals surface area (Å²) in [5.74, 6) is 1.42. The van der Waals surface area contributed by atoms with Crippen LogP contribution in [0, 0.1) is 0 Å². The van der Waals surface area contributed by atoms with Crippen LogP contribution in [0.4, 0.5) is 0 Å². The number of rotatable bonds is 4. The Hall–Kier alpha value is -2.01. The first-order valence-corrected chi connectivity index (χ1v) is 6.75. The summed E-state index contributed by atoms with van der Waals surface area (Å²) in [5.41, 5.74) is 1.61. The Bertz CT molecular complexity index is 659. The summed E-state index contributed by atoms with van der Waals surface area (Å²) in [6, 6.07) is 3.78. The largest absolute Gasteiger partial charge is 0.486 e. The maximum absolute atomic E-state index is 11.8. The number of aryl methyl sites for hydroxylation is 1. The molecule has 1 N–H and O–H groups in total. The van der Waals surface area contributed by atoms with Gasteiger partial charge in [-0.05, 0) is 19.4 Å². The Labute approximate surface area is 116 Å². The molecule has 0 unspecified atom stereocenters. The van der Waals surface area contributed by atoms with Crippen molar-refractivity contribution in [2.75, 3.05) is 19.8 Å². The Morgan fingerprint density at radius 2 is 2.00 bits per heavy atom. The van der Waals surface area contributed by atoms with Gasteiger partial charge in [0.15, 0.2) is 17.3 Å². The molecule has 0 amide bonds. The van der Waals surface area contributed by atoms with Gasteiger partial charge in [-0.2, -0.15) is 0 Å². The van der Waals surface area contributed by atoms with Crippen molar-refractivity contribution in [1.82, 2.24) is 4.57 Å². The zero-order valence-corrected chi connectivity index (χ0v) is 11.4. The van der Waals surface area contributed by atoms with Crippen LogP contribution in [-0.4, -0.2) is 35.3 Å². The van der Waals surface area contributed by atoms with Gasteiger partial charge in [-0.15, -0.1) is 0 Å². The number of benzene rings is 1. The van der Waals surface area contributed by atoms with Crippen molar-refractivity contribution in [2.45, 2.75) is 19.9 Å². The van der Waals surface area contributed by atoms with E-state index >= 15 is 0 Å². The third kappa shape index (κ3) is 2.14. The summed E-state index contributed by atoms with van der Waals surface area (Å²) >= 11 is 0. The number of aliphatic hydroxyl groups is 1. The van der Waals surface area contributed by atoms with E-state index < -0.39 is 0 Å². The molecule has 20 heavy (non-hydrogen) atoms. The number of hydrogen-bond acceptors (Lipinski definition) is 4. The lowest BCUT2D eigenvalue weighted by molar-refractivity contribution is 0.101. The molecule has 2 aromatic rings. The third-order valence-electron chi connectivity index (χ3n) is 3.48. The molecule has 0 saturated carbocycles. The molecule has 1 aliphatic heterocycles. The SMILES string of the molecule is CC(=O)c1cn(CCCO)c2cc3c(cc12)OCCO3. The van der Waals surface area contributed by atoms with Crippen LogP contribution >= 0.6 is 0 Å². The molecule has 2 heterocycles. The first-order chi connectivity index (χ1) is 9.70. The number of carbonyl (C=O) groups is 1. The van der Waals surface area contributed by atoms with Crippen LogP contribution in [0.2, 0.25) is 0 Å². The molecule has 0 saturated heterocycles. The van der Waals surface area contributed by atoms with Crippen LogP contribution in [0.5, 0.6) is 11.5 Å². The highest BCUT2D eigenvalue weighted by molar-refractivity contribution is 6.07. The number of ether oxygens (including phenoxy) is 2. The van der Waals surface area contributed by atoms with Gasteiger partial charge in [0.2, 0.25) is 0 Å². The number of carbonyl (C=O) groups excluding carboxylic acids is 1. The van der Waals surface area contributed by atoms with Gasteiger partial charge in [-0.1, -0.05) is 0 Å². The maximum Gasteiger partial charge on any atom is 0.163 e. The molecule has 1 aliphatic rings. The van der Waals surface area contributed by atoms with Crippen LogP contribution in [0.15, 0.2) is 18.3 Å². The minimum absolute atomic E-state index is 0.0226. The van der Waals surface area contributed by atoms with E-state index in [2.05, 4.69) is 0 Å². The summed E-state index contributed by atoms with van der Waals surface area (Å²) in [6.45, 7) is 3.41. The van der Waals surface area contributed by atoms with Gasteiger partial charge in [-0.25, -0.2) is 0 Å². The normalized spacial score (nSPS) is 13.7. The lowest BCUT2D eigenvalue weighted by Gasteiger charge is -2.18. The monoisotopic (exact) mass is 275 g/mol. The zero-order valence-electron chi connectivity index (χ0n) is 11.4. The number of nitrogens with zero attached hydrogens (tertiary/aromatic N) is 1. The fourth-order valence-electron chi connectivity index (χ4n) is 2.53. The molecule has 0 atom stereocenters. The molecule has 0 fully saturated rings. The Morgan fingerprint density at radius 1 is 1.30 bits per heavy atom. The molecule has 0 radical (unpaired) electrons. The number of ketones is 1. The molecule has 0 aliphatic carbocycles. The number of aliphatic hydroxyl groups excluding tert-OH is 1. The molecule has 1 aromatic carbocycles. The van der Waals surface area contributed by atoms with Crippen LogP contribution in [0.3, 0.4) is 0 Å². The maximum atomic E-state index is 11.8. The van der Waals surface area contributed by atoms with E-state index in [-0.39, 0.29) is 12.4 Å². The highest BCUT2D eigenvalue weighted by Gasteiger charge is 2.18. The molecular weight excluding hydrogens is 258 g/mol. The summed E-state index contributed by atoms with van der Waals surface area (Å²) in [7, 11) is 0. The van der Waals surface area contributed by atoms with Crippen LogP contribution < -0.4 is 9.47 Å². The van der Waals surface area contributed by atoms with Gasteiger partial charge in [0.1, 0.15) is 13.2 Å². The second kappa shape index (κ2) is 5.17. The van der Waals surface area contributed by atoms with E-state index in [4.69, 9.17) is 14.6 Å². The molecular formula is C15H17NO4. The Morgan fingerprint density at radius 3 is 2.65 bits per heavy atom. The topological polar surface area (TPSA) is 60.7 Å². The van der Waals surface area contributed by atoms with Gasteiger partial charge in [0.05, 0.1) is 5.52 Å². The molecule has 106 valence electrons. The predicted octanol–water partition coefficient (Wildman–Crippen LogP) is 2.00. The first kappa shape index (κ1) is 13.0. The summed E-state index contributed by atoms with van der Waals surface area (Å²) < 4.78 is 13.1. The van der Waals surface area contributed by atoms with Crippen molar-refractivity contribution in [3.63, 3.8) is 0 Å². The van der Waals surface area contributed by atoms with Crippen molar-refractivity contribution >= 4 is 16.7 Å². The van der Waals surface area contributed by atoms with E-state index in [1.54, 1.807) is 6.92 Å². The van der Waals surface area contributed by atoms with E-state index in [0.29, 0.717) is 43.2 Å². The molecule has 3 rings (SSSR count). The van der Waals surface area contributed by atoms with Crippen molar-refractivity contribution in [3.05, 3.63) is 23.9 Å². The summed E-state index contributed by atoms with van der Waals surface area (Å²) in [5, 5.41) is 9.86. The minimum Gasteiger partial charge on any atom is -0.486 e. The van der Waals surface area contributed by atoms with E-state index in [9.17, 15) is 4.79 Å². The Balaban J connectivity index is 2.17. The number of fused-ring (bicyclic) bond motifs is 2. The van der Waals surface area contributed by atoms with Crippen LogP contribution in [-0.2, 0) is 6.54 Å². The van der Waals surface area contributed by atoms with Gasteiger partial charge < -0.3 is 19.1 Å². The number of hydrogen-bond donors (Lipinski definition) is 1. The molecule has 5 heteroatoms. The van der Waals surface area contributed by atoms with Crippen LogP contribution in [0.25, 0.3) is 10.9 Å². The molecule has 5 nitrogen and oxygen atoms in total. The average Bonchev–Trinajstić information content (AvgIpc) is 2.81. The van der Waals surface area contributed by atoms with Crippen molar-refractivity contribution < 1.29 is 19.4 Å². The third-order valence-corrected chi connectivity index (χ3v) is 3.48. The summed E-state index contributed by atoms with van der Waals surface area (Å²) in [4.78, 5) is 11.8. The van der Waals surface area contributed by atoms with Crippen molar-refractivity contribution in [3.8, 4) is 11.5 Å². The second-order valence-corrected chi connectivity index (χ2v) is 4.88. The highest BCUT2D eigenvalue weighted by atomic mass is 16.6. The molecule has 0 bridgehead atoms. The lowest BCUT2D eigenvalue weighted by Crippen LogP contribution is -2.15. The van der Waals surface area contributed by atoms with Gasteiger partial charge in [-0.3, -0.25) is 4.79 Å². The van der Waals surface area contributed by atoms with Crippen LogP contribution in [0.1, 0.15) is 23.7 Å². The van der Waals surface area contributed by atoms with E-state index in [1.807, 2.05) is 22.9 Å².